The van der Waals surface area contributed by atoms with Gasteiger partial charge in [0.05, 0.1) is 17.8 Å². The van der Waals surface area contributed by atoms with Crippen molar-refractivity contribution in [3.63, 3.8) is 0 Å². The van der Waals surface area contributed by atoms with Gasteiger partial charge in [0.25, 0.3) is 11.5 Å². The lowest BCUT2D eigenvalue weighted by molar-refractivity contribution is 0.0940. The molecule has 3 aromatic carbocycles. The van der Waals surface area contributed by atoms with Crippen molar-refractivity contribution in [1.82, 2.24) is 15.1 Å². The van der Waals surface area contributed by atoms with E-state index in [9.17, 15) is 14.4 Å². The standard InChI is InChI=1S/C27H23N3O3/c1-19-11-13-21(14-12-19)26(32)22-9-5-6-10-23(22)27(33)28-17-18-30-25(31)16-15-24(29-30)20-7-3-2-4-8-20/h2-16H,17-18H2,1H3,(H,28,33). The van der Waals surface area contributed by atoms with Crippen molar-refractivity contribution < 1.29 is 9.59 Å². The zero-order chi connectivity index (χ0) is 23.2. The Morgan fingerprint density at radius 2 is 1.48 bits per heavy atom. The molecule has 0 radical (unpaired) electrons. The molecule has 0 saturated carbocycles. The fourth-order valence-corrected chi connectivity index (χ4v) is 3.48. The summed E-state index contributed by atoms with van der Waals surface area (Å²) in [5.74, 6) is -0.590. The molecule has 0 atom stereocenters. The van der Waals surface area contributed by atoms with Crippen LogP contribution in [0.1, 0.15) is 31.8 Å². The summed E-state index contributed by atoms with van der Waals surface area (Å²) in [5, 5.41) is 7.20. The van der Waals surface area contributed by atoms with Crippen LogP contribution in [0.3, 0.4) is 0 Å². The van der Waals surface area contributed by atoms with Gasteiger partial charge < -0.3 is 5.32 Å². The minimum atomic E-state index is -0.377. The molecule has 6 nitrogen and oxygen atoms in total. The molecule has 0 fully saturated rings. The molecule has 1 amide bonds. The lowest BCUT2D eigenvalue weighted by Gasteiger charge is -2.11. The van der Waals surface area contributed by atoms with E-state index in [1.54, 1.807) is 42.5 Å². The van der Waals surface area contributed by atoms with E-state index in [-0.39, 0.29) is 30.3 Å². The summed E-state index contributed by atoms with van der Waals surface area (Å²) in [5.41, 5.74) is 3.53. The average molecular weight is 437 g/mol. The van der Waals surface area contributed by atoms with Crippen molar-refractivity contribution in [3.8, 4) is 11.3 Å². The normalized spacial score (nSPS) is 10.6. The second-order valence-corrected chi connectivity index (χ2v) is 7.64. The summed E-state index contributed by atoms with van der Waals surface area (Å²) in [6.45, 7) is 2.35. The SMILES string of the molecule is Cc1ccc(C(=O)c2ccccc2C(=O)NCCn2nc(-c3ccccc3)ccc2=O)cc1. The molecule has 4 aromatic rings. The number of rotatable bonds is 7. The molecule has 6 heteroatoms. The van der Waals surface area contributed by atoms with Crippen molar-refractivity contribution in [2.75, 3.05) is 6.54 Å². The molecular formula is C27H23N3O3. The van der Waals surface area contributed by atoms with Crippen molar-refractivity contribution in [2.24, 2.45) is 0 Å². The topological polar surface area (TPSA) is 81.1 Å². The first-order valence-corrected chi connectivity index (χ1v) is 10.6. The molecule has 33 heavy (non-hydrogen) atoms. The fraction of sp³-hybridized carbons (Fsp3) is 0.111. The molecule has 0 aliphatic carbocycles. The second-order valence-electron chi connectivity index (χ2n) is 7.64. The van der Waals surface area contributed by atoms with E-state index in [4.69, 9.17) is 0 Å². The van der Waals surface area contributed by atoms with Gasteiger partial charge in [-0.15, -0.1) is 0 Å². The largest absolute Gasteiger partial charge is 0.350 e. The van der Waals surface area contributed by atoms with Crippen LogP contribution in [0.5, 0.6) is 0 Å². The average Bonchev–Trinajstić information content (AvgIpc) is 2.85. The maximum atomic E-state index is 13.0. The lowest BCUT2D eigenvalue weighted by Crippen LogP contribution is -2.32. The fourth-order valence-electron chi connectivity index (χ4n) is 3.48. The summed E-state index contributed by atoms with van der Waals surface area (Å²) in [7, 11) is 0. The van der Waals surface area contributed by atoms with Gasteiger partial charge in [-0.2, -0.15) is 5.10 Å². The number of aryl methyl sites for hydroxylation is 1. The molecule has 0 spiro atoms. The Balaban J connectivity index is 1.47. The number of carbonyl (C=O) groups is 2. The van der Waals surface area contributed by atoms with Gasteiger partial charge in [0, 0.05) is 29.3 Å². The van der Waals surface area contributed by atoms with Crippen molar-refractivity contribution in [3.05, 3.63) is 124 Å². The summed E-state index contributed by atoms with van der Waals surface area (Å²) >= 11 is 0. The quantitative estimate of drug-likeness (QED) is 0.445. The molecule has 0 aliphatic rings. The minimum absolute atomic E-state index is 0.192. The Morgan fingerprint density at radius 1 is 0.818 bits per heavy atom. The highest BCUT2D eigenvalue weighted by Gasteiger charge is 2.18. The van der Waals surface area contributed by atoms with E-state index in [2.05, 4.69) is 10.4 Å². The Bertz CT molecular complexity index is 1340. The summed E-state index contributed by atoms with van der Waals surface area (Å²) in [4.78, 5) is 38.0. The molecule has 0 aliphatic heterocycles. The summed E-state index contributed by atoms with van der Waals surface area (Å²) in [6, 6.07) is 26.7. The molecule has 164 valence electrons. The van der Waals surface area contributed by atoms with Gasteiger partial charge in [-0.1, -0.05) is 78.4 Å². The van der Waals surface area contributed by atoms with Crippen LogP contribution in [0.25, 0.3) is 11.3 Å². The van der Waals surface area contributed by atoms with Gasteiger partial charge in [-0.05, 0) is 19.1 Å². The first kappa shape index (κ1) is 21.9. The van der Waals surface area contributed by atoms with E-state index in [1.807, 2.05) is 49.4 Å². The van der Waals surface area contributed by atoms with Crippen molar-refractivity contribution in [2.45, 2.75) is 13.5 Å². The van der Waals surface area contributed by atoms with Crippen molar-refractivity contribution in [1.29, 1.82) is 0 Å². The number of carbonyl (C=O) groups excluding carboxylic acids is 2. The third-order valence-corrected chi connectivity index (χ3v) is 5.28. The maximum absolute atomic E-state index is 13.0. The van der Waals surface area contributed by atoms with E-state index in [0.29, 0.717) is 22.4 Å². The van der Waals surface area contributed by atoms with Crippen LogP contribution in [-0.2, 0) is 6.54 Å². The Morgan fingerprint density at radius 3 is 2.21 bits per heavy atom. The van der Waals surface area contributed by atoms with Crippen LogP contribution < -0.4 is 10.9 Å². The molecule has 1 aromatic heterocycles. The highest BCUT2D eigenvalue weighted by Crippen LogP contribution is 2.16. The van der Waals surface area contributed by atoms with E-state index >= 15 is 0 Å². The molecule has 0 bridgehead atoms. The molecule has 0 saturated heterocycles. The number of nitrogens with zero attached hydrogens (tertiary/aromatic N) is 2. The zero-order valence-electron chi connectivity index (χ0n) is 18.2. The highest BCUT2D eigenvalue weighted by molar-refractivity contribution is 6.15. The van der Waals surface area contributed by atoms with Gasteiger partial charge in [0.1, 0.15) is 0 Å². The molecular weight excluding hydrogens is 414 g/mol. The monoisotopic (exact) mass is 437 g/mol. The number of ketones is 1. The van der Waals surface area contributed by atoms with E-state index in [0.717, 1.165) is 11.1 Å². The first-order valence-electron chi connectivity index (χ1n) is 10.6. The smallest absolute Gasteiger partial charge is 0.266 e. The van der Waals surface area contributed by atoms with E-state index in [1.165, 1.54) is 10.7 Å². The number of amides is 1. The van der Waals surface area contributed by atoms with Gasteiger partial charge in [-0.3, -0.25) is 14.4 Å². The predicted molar refractivity (Wildman–Crippen MR) is 127 cm³/mol. The Kier molecular flexibility index (Phi) is 6.55. The van der Waals surface area contributed by atoms with Gasteiger partial charge >= 0.3 is 0 Å². The number of aromatic nitrogens is 2. The van der Waals surface area contributed by atoms with Crippen LogP contribution in [0.4, 0.5) is 0 Å². The van der Waals surface area contributed by atoms with E-state index < -0.39 is 0 Å². The summed E-state index contributed by atoms with van der Waals surface area (Å²) in [6.07, 6.45) is 0. The van der Waals surface area contributed by atoms with Gasteiger partial charge in [-0.25, -0.2) is 4.68 Å². The number of benzene rings is 3. The second kappa shape index (κ2) is 9.87. The number of hydrogen-bond acceptors (Lipinski definition) is 4. The van der Waals surface area contributed by atoms with Crippen molar-refractivity contribution >= 4 is 11.7 Å². The van der Waals surface area contributed by atoms with Gasteiger partial charge in [0.2, 0.25) is 0 Å². The minimum Gasteiger partial charge on any atom is -0.350 e. The third kappa shape index (κ3) is 5.13. The molecule has 4 rings (SSSR count). The number of nitrogens with one attached hydrogen (secondary N) is 1. The molecule has 1 N–H and O–H groups in total. The highest BCUT2D eigenvalue weighted by atomic mass is 16.2. The third-order valence-electron chi connectivity index (χ3n) is 5.28. The Hall–Kier alpha value is -4.32. The molecule has 0 unspecified atom stereocenters. The maximum Gasteiger partial charge on any atom is 0.266 e. The molecule has 1 heterocycles. The van der Waals surface area contributed by atoms with Crippen LogP contribution in [0.15, 0.2) is 95.8 Å². The predicted octanol–water partition coefficient (Wildman–Crippen LogP) is 3.88. The van der Waals surface area contributed by atoms with Gasteiger partial charge in [0.15, 0.2) is 5.78 Å². The zero-order valence-corrected chi connectivity index (χ0v) is 18.2. The van der Waals surface area contributed by atoms with Crippen LogP contribution in [0.2, 0.25) is 0 Å². The lowest BCUT2D eigenvalue weighted by atomic mass is 9.97. The Labute approximate surface area is 191 Å². The summed E-state index contributed by atoms with van der Waals surface area (Å²) < 4.78 is 1.33. The van der Waals surface area contributed by atoms with Crippen LogP contribution >= 0.6 is 0 Å². The van der Waals surface area contributed by atoms with Crippen LogP contribution in [0, 0.1) is 6.92 Å². The first-order chi connectivity index (χ1) is 16.0. The number of hydrogen-bond donors (Lipinski definition) is 1. The van der Waals surface area contributed by atoms with Crippen LogP contribution in [-0.4, -0.2) is 28.0 Å².